The fourth-order valence-corrected chi connectivity index (χ4v) is 1.15. The highest BCUT2D eigenvalue weighted by Gasteiger charge is 1.99. The Morgan fingerprint density at radius 2 is 2.19 bits per heavy atom. The number of hydrazone groups is 1. The maximum absolute atomic E-state index is 5.14. The Kier molecular flexibility index (Phi) is 4.72. The first-order valence-corrected chi connectivity index (χ1v) is 5.24. The van der Waals surface area contributed by atoms with Crippen molar-refractivity contribution in [3.63, 3.8) is 0 Å². The van der Waals surface area contributed by atoms with Crippen LogP contribution >= 0.6 is 12.2 Å². The largest absolute Gasteiger partial charge is 0.497 e. The number of hydrogen-bond donors (Lipinski definition) is 2. The highest BCUT2D eigenvalue weighted by molar-refractivity contribution is 7.80. The van der Waals surface area contributed by atoms with Crippen molar-refractivity contribution in [2.45, 2.75) is 6.92 Å². The predicted molar refractivity (Wildman–Crippen MR) is 70.0 cm³/mol. The van der Waals surface area contributed by atoms with Crippen LogP contribution in [0.4, 0.5) is 0 Å². The highest BCUT2D eigenvalue weighted by Crippen LogP contribution is 2.12. The quantitative estimate of drug-likeness (QED) is 0.475. The first kappa shape index (κ1) is 12.4. The Balaban J connectivity index is 2.78. The van der Waals surface area contributed by atoms with Crippen LogP contribution in [0.2, 0.25) is 0 Å². The third-order valence-electron chi connectivity index (χ3n) is 2.04. The molecule has 0 saturated heterocycles. The summed E-state index contributed by atoms with van der Waals surface area (Å²) in [6, 6.07) is 7.69. The number of methoxy groups -OCH3 is 1. The van der Waals surface area contributed by atoms with Crippen molar-refractivity contribution in [1.29, 1.82) is 0 Å². The first-order valence-electron chi connectivity index (χ1n) is 4.84. The normalized spacial score (nSPS) is 10.8. The van der Waals surface area contributed by atoms with Gasteiger partial charge in [-0.3, -0.25) is 5.43 Å². The van der Waals surface area contributed by atoms with Gasteiger partial charge in [0.1, 0.15) is 5.75 Å². The smallest absolute Gasteiger partial charge is 0.186 e. The summed E-state index contributed by atoms with van der Waals surface area (Å²) in [5.74, 6) is 0.809. The van der Waals surface area contributed by atoms with Gasteiger partial charge in [0.2, 0.25) is 0 Å². The van der Waals surface area contributed by atoms with Crippen LogP contribution in [0.3, 0.4) is 0 Å². The maximum atomic E-state index is 5.14. The lowest BCUT2D eigenvalue weighted by atomic mass is 10.1. The number of rotatable bonds is 3. The summed E-state index contributed by atoms with van der Waals surface area (Å²) < 4.78 is 5.14. The summed E-state index contributed by atoms with van der Waals surface area (Å²) in [7, 11) is 3.38. The molecule has 16 heavy (non-hydrogen) atoms. The summed E-state index contributed by atoms with van der Waals surface area (Å²) in [6.45, 7) is 1.90. The van der Waals surface area contributed by atoms with Crippen molar-refractivity contribution in [3.8, 4) is 5.75 Å². The highest BCUT2D eigenvalue weighted by atomic mass is 32.1. The van der Waals surface area contributed by atoms with E-state index >= 15 is 0 Å². The molecule has 0 bridgehead atoms. The number of thiocarbonyl (C=S) groups is 1. The van der Waals surface area contributed by atoms with Gasteiger partial charge in [-0.05, 0) is 31.3 Å². The monoisotopic (exact) mass is 237 g/mol. The van der Waals surface area contributed by atoms with E-state index in [-0.39, 0.29) is 0 Å². The van der Waals surface area contributed by atoms with Crippen molar-refractivity contribution in [2.75, 3.05) is 14.2 Å². The van der Waals surface area contributed by atoms with Crippen molar-refractivity contribution in [1.82, 2.24) is 10.7 Å². The van der Waals surface area contributed by atoms with Crippen LogP contribution < -0.4 is 15.5 Å². The molecule has 0 unspecified atom stereocenters. The molecule has 5 heteroatoms. The minimum absolute atomic E-state index is 0.488. The molecule has 0 amide bonds. The minimum atomic E-state index is 0.488. The van der Waals surface area contributed by atoms with Crippen LogP contribution in [0.15, 0.2) is 29.4 Å². The van der Waals surface area contributed by atoms with E-state index in [2.05, 4.69) is 15.8 Å². The second-order valence-corrected chi connectivity index (χ2v) is 3.53. The van der Waals surface area contributed by atoms with Crippen LogP contribution in [0.1, 0.15) is 12.5 Å². The standard InChI is InChI=1S/C11H15N3OS/c1-8(13-14-11(16)12-2)9-5-4-6-10(7-9)15-3/h4-7H,1-3H3,(H2,12,14,16)/b13-8+. The molecule has 1 aromatic carbocycles. The SMILES string of the molecule is CNC(=S)N/N=C(\C)c1cccc(OC)c1. The summed E-state index contributed by atoms with van der Waals surface area (Å²) in [6.07, 6.45) is 0. The predicted octanol–water partition coefficient (Wildman–Crippen LogP) is 1.51. The van der Waals surface area contributed by atoms with Gasteiger partial charge in [0.05, 0.1) is 12.8 Å². The molecule has 4 nitrogen and oxygen atoms in total. The lowest BCUT2D eigenvalue weighted by Gasteiger charge is -2.05. The molecule has 0 saturated carbocycles. The molecule has 0 spiro atoms. The van der Waals surface area contributed by atoms with Gasteiger partial charge in [-0.2, -0.15) is 5.10 Å². The van der Waals surface area contributed by atoms with Crippen molar-refractivity contribution < 1.29 is 4.74 Å². The number of nitrogens with zero attached hydrogens (tertiary/aromatic N) is 1. The van der Waals surface area contributed by atoms with E-state index in [1.54, 1.807) is 14.2 Å². The molecular weight excluding hydrogens is 222 g/mol. The van der Waals surface area contributed by atoms with Gasteiger partial charge in [-0.25, -0.2) is 0 Å². The van der Waals surface area contributed by atoms with Crippen LogP contribution in [0.5, 0.6) is 5.75 Å². The van der Waals surface area contributed by atoms with E-state index < -0.39 is 0 Å². The van der Waals surface area contributed by atoms with E-state index in [9.17, 15) is 0 Å². The Morgan fingerprint density at radius 3 is 2.81 bits per heavy atom. The number of ether oxygens (including phenoxy) is 1. The average Bonchev–Trinajstić information content (AvgIpc) is 2.35. The van der Waals surface area contributed by atoms with Crippen molar-refractivity contribution in [2.24, 2.45) is 5.10 Å². The zero-order valence-electron chi connectivity index (χ0n) is 9.57. The zero-order chi connectivity index (χ0) is 12.0. The maximum Gasteiger partial charge on any atom is 0.186 e. The van der Waals surface area contributed by atoms with Gasteiger partial charge in [-0.1, -0.05) is 12.1 Å². The van der Waals surface area contributed by atoms with Crippen molar-refractivity contribution in [3.05, 3.63) is 29.8 Å². The Morgan fingerprint density at radius 1 is 1.44 bits per heavy atom. The molecule has 2 N–H and O–H groups in total. The van der Waals surface area contributed by atoms with Crippen molar-refractivity contribution >= 4 is 23.0 Å². The Hall–Kier alpha value is -1.62. The molecule has 86 valence electrons. The van der Waals surface area contributed by atoms with Crippen LogP contribution in [-0.2, 0) is 0 Å². The molecule has 0 aliphatic heterocycles. The van der Waals surface area contributed by atoms with Gasteiger partial charge in [0.25, 0.3) is 0 Å². The van der Waals surface area contributed by atoms with E-state index in [0.717, 1.165) is 17.0 Å². The minimum Gasteiger partial charge on any atom is -0.497 e. The fraction of sp³-hybridized carbons (Fsp3) is 0.273. The van der Waals surface area contributed by atoms with E-state index in [0.29, 0.717) is 5.11 Å². The fourth-order valence-electron chi connectivity index (χ4n) is 1.10. The molecule has 0 aliphatic rings. The Labute approximate surface area is 101 Å². The zero-order valence-corrected chi connectivity index (χ0v) is 10.4. The molecule has 0 atom stereocenters. The van der Waals surface area contributed by atoms with Crippen LogP contribution in [-0.4, -0.2) is 25.0 Å². The summed E-state index contributed by atoms with van der Waals surface area (Å²) in [5.41, 5.74) is 4.57. The lowest BCUT2D eigenvalue weighted by Crippen LogP contribution is -2.29. The van der Waals surface area contributed by atoms with Gasteiger partial charge >= 0.3 is 0 Å². The summed E-state index contributed by atoms with van der Waals surface area (Å²) >= 11 is 4.92. The average molecular weight is 237 g/mol. The number of hydrogen-bond acceptors (Lipinski definition) is 3. The third-order valence-corrected chi connectivity index (χ3v) is 2.34. The summed E-state index contributed by atoms with van der Waals surface area (Å²) in [4.78, 5) is 0. The second kappa shape index (κ2) is 6.07. The molecule has 1 rings (SSSR count). The third kappa shape index (κ3) is 3.51. The van der Waals surface area contributed by atoms with Crippen LogP contribution in [0.25, 0.3) is 0 Å². The first-order chi connectivity index (χ1) is 7.67. The van der Waals surface area contributed by atoms with E-state index in [4.69, 9.17) is 17.0 Å². The molecule has 0 heterocycles. The van der Waals surface area contributed by atoms with E-state index in [1.807, 2.05) is 31.2 Å². The van der Waals surface area contributed by atoms with Gasteiger partial charge in [0.15, 0.2) is 5.11 Å². The summed E-state index contributed by atoms with van der Waals surface area (Å²) in [5, 5.41) is 7.42. The number of benzene rings is 1. The van der Waals surface area contributed by atoms with E-state index in [1.165, 1.54) is 0 Å². The second-order valence-electron chi connectivity index (χ2n) is 3.12. The van der Waals surface area contributed by atoms with Gasteiger partial charge < -0.3 is 10.1 Å². The lowest BCUT2D eigenvalue weighted by molar-refractivity contribution is 0.414. The molecule has 0 radical (unpaired) electrons. The Bertz CT molecular complexity index is 404. The molecule has 0 aliphatic carbocycles. The van der Waals surface area contributed by atoms with Gasteiger partial charge in [-0.15, -0.1) is 0 Å². The number of nitrogens with one attached hydrogen (secondary N) is 2. The molecule has 0 aromatic heterocycles. The molecule has 0 fully saturated rings. The van der Waals surface area contributed by atoms with Crippen LogP contribution in [0, 0.1) is 0 Å². The van der Waals surface area contributed by atoms with Gasteiger partial charge in [0, 0.05) is 12.6 Å². The molecular formula is C11H15N3OS. The topological polar surface area (TPSA) is 45.7 Å². The molecule has 1 aromatic rings.